The van der Waals surface area contributed by atoms with Gasteiger partial charge in [0.1, 0.15) is 0 Å². The second-order valence-electron chi connectivity index (χ2n) is 6.34. The van der Waals surface area contributed by atoms with Crippen molar-refractivity contribution in [1.29, 1.82) is 0 Å². The molecule has 0 aliphatic heterocycles. The van der Waals surface area contributed by atoms with Crippen LogP contribution in [0.2, 0.25) is 0 Å². The summed E-state index contributed by atoms with van der Waals surface area (Å²) in [6, 6.07) is 4.05. The van der Waals surface area contributed by atoms with Crippen LogP contribution in [0.4, 0.5) is 5.69 Å². The molecule has 22 heavy (non-hydrogen) atoms. The summed E-state index contributed by atoms with van der Waals surface area (Å²) in [7, 11) is 0. The number of ether oxygens (including phenoxy) is 1. The number of carbonyl (C=O) groups excluding carboxylic acids is 2. The maximum absolute atomic E-state index is 12.0. The van der Waals surface area contributed by atoms with E-state index in [4.69, 9.17) is 4.74 Å². The second-order valence-corrected chi connectivity index (χ2v) is 6.34. The van der Waals surface area contributed by atoms with Gasteiger partial charge >= 0.3 is 5.97 Å². The van der Waals surface area contributed by atoms with E-state index in [0.717, 1.165) is 35.2 Å². The number of amides is 1. The van der Waals surface area contributed by atoms with Crippen molar-refractivity contribution in [2.24, 2.45) is 5.92 Å². The molecule has 1 aromatic rings. The summed E-state index contributed by atoms with van der Waals surface area (Å²) in [5.74, 6) is -0.105. The molecule has 4 nitrogen and oxygen atoms in total. The number of hydrogen-bond donors (Lipinski definition) is 1. The van der Waals surface area contributed by atoms with Crippen LogP contribution < -0.4 is 5.32 Å². The molecule has 0 unspecified atom stereocenters. The summed E-state index contributed by atoms with van der Waals surface area (Å²) in [6.45, 7) is 5.73. The van der Waals surface area contributed by atoms with E-state index in [-0.39, 0.29) is 18.5 Å². The van der Waals surface area contributed by atoms with Gasteiger partial charge in [0.25, 0.3) is 5.91 Å². The molecule has 2 rings (SSSR count). The molecule has 1 aliphatic rings. The van der Waals surface area contributed by atoms with Crippen molar-refractivity contribution in [2.75, 3.05) is 11.9 Å². The number of aryl methyl sites for hydroxylation is 3. The molecule has 1 N–H and O–H groups in total. The molecule has 1 saturated carbocycles. The first-order valence-corrected chi connectivity index (χ1v) is 7.99. The lowest BCUT2D eigenvalue weighted by molar-refractivity contribution is -0.148. The molecular weight excluding hydrogens is 278 g/mol. The minimum atomic E-state index is -0.283. The summed E-state index contributed by atoms with van der Waals surface area (Å²) in [5, 5.41) is 2.84. The van der Waals surface area contributed by atoms with Crippen LogP contribution in [0.5, 0.6) is 0 Å². The number of esters is 1. The molecule has 0 radical (unpaired) electrons. The number of anilines is 1. The van der Waals surface area contributed by atoms with Gasteiger partial charge in [-0.2, -0.15) is 0 Å². The van der Waals surface area contributed by atoms with Crippen LogP contribution in [0.1, 0.15) is 48.8 Å². The Morgan fingerprint density at radius 2 is 1.73 bits per heavy atom. The average Bonchev–Trinajstić information content (AvgIpc) is 2.93. The Balaban J connectivity index is 1.81. The first kappa shape index (κ1) is 16.5. The smallest absolute Gasteiger partial charge is 0.306 e. The first-order valence-electron chi connectivity index (χ1n) is 7.99. The fourth-order valence-corrected chi connectivity index (χ4v) is 3.21. The lowest BCUT2D eigenvalue weighted by atomic mass is 10.0. The zero-order valence-corrected chi connectivity index (χ0v) is 13.7. The van der Waals surface area contributed by atoms with Crippen molar-refractivity contribution in [3.63, 3.8) is 0 Å². The molecule has 4 heteroatoms. The Morgan fingerprint density at radius 3 is 2.32 bits per heavy atom. The molecule has 1 amide bonds. The molecular formula is C18H25NO3. The van der Waals surface area contributed by atoms with Gasteiger partial charge in [0.05, 0.1) is 0 Å². The summed E-state index contributed by atoms with van der Waals surface area (Å²) in [5.41, 5.74) is 4.00. The molecule has 1 aliphatic carbocycles. The second kappa shape index (κ2) is 7.43. The van der Waals surface area contributed by atoms with E-state index >= 15 is 0 Å². The van der Waals surface area contributed by atoms with Gasteiger partial charge in [0.15, 0.2) is 6.61 Å². The maximum atomic E-state index is 12.0. The molecule has 1 aromatic carbocycles. The van der Waals surface area contributed by atoms with Gasteiger partial charge in [-0.3, -0.25) is 9.59 Å². The van der Waals surface area contributed by atoms with Crippen molar-refractivity contribution in [3.8, 4) is 0 Å². The lowest BCUT2D eigenvalue weighted by Crippen LogP contribution is -2.22. The molecule has 0 atom stereocenters. The Bertz CT molecular complexity index is 536. The first-order chi connectivity index (χ1) is 10.5. The summed E-state index contributed by atoms with van der Waals surface area (Å²) >= 11 is 0. The lowest BCUT2D eigenvalue weighted by Gasteiger charge is -2.13. The van der Waals surface area contributed by atoms with Crippen LogP contribution in [0.3, 0.4) is 0 Å². The van der Waals surface area contributed by atoms with Gasteiger partial charge in [0, 0.05) is 12.1 Å². The van der Waals surface area contributed by atoms with E-state index in [2.05, 4.69) is 5.32 Å². The van der Waals surface area contributed by atoms with Crippen molar-refractivity contribution in [1.82, 2.24) is 0 Å². The summed E-state index contributed by atoms with van der Waals surface area (Å²) in [6.07, 6.45) is 5.04. The van der Waals surface area contributed by atoms with Crippen molar-refractivity contribution in [2.45, 2.75) is 52.9 Å². The van der Waals surface area contributed by atoms with E-state index in [9.17, 15) is 9.59 Å². The normalized spacial score (nSPS) is 14.9. The highest BCUT2D eigenvalue weighted by Crippen LogP contribution is 2.27. The molecule has 0 bridgehead atoms. The largest absolute Gasteiger partial charge is 0.456 e. The topological polar surface area (TPSA) is 55.4 Å². The number of benzene rings is 1. The maximum Gasteiger partial charge on any atom is 0.306 e. The fourth-order valence-electron chi connectivity index (χ4n) is 3.21. The highest BCUT2D eigenvalue weighted by Gasteiger charge is 2.20. The van der Waals surface area contributed by atoms with Crippen LogP contribution in [-0.2, 0) is 14.3 Å². The van der Waals surface area contributed by atoms with Crippen molar-refractivity contribution < 1.29 is 14.3 Å². The quantitative estimate of drug-likeness (QED) is 0.844. The van der Waals surface area contributed by atoms with E-state index in [1.54, 1.807) is 0 Å². The third kappa shape index (κ3) is 4.58. The van der Waals surface area contributed by atoms with Gasteiger partial charge in [-0.1, -0.05) is 30.5 Å². The monoisotopic (exact) mass is 303 g/mol. The van der Waals surface area contributed by atoms with Crippen LogP contribution in [0.25, 0.3) is 0 Å². The van der Waals surface area contributed by atoms with Crippen LogP contribution >= 0.6 is 0 Å². The van der Waals surface area contributed by atoms with E-state index in [0.29, 0.717) is 12.3 Å². The summed E-state index contributed by atoms with van der Waals surface area (Å²) < 4.78 is 5.09. The molecule has 0 spiro atoms. The molecule has 1 fully saturated rings. The van der Waals surface area contributed by atoms with Gasteiger partial charge in [-0.15, -0.1) is 0 Å². The zero-order valence-electron chi connectivity index (χ0n) is 13.7. The Labute approximate surface area is 132 Å². The Hall–Kier alpha value is -1.84. The van der Waals surface area contributed by atoms with Gasteiger partial charge in [0.2, 0.25) is 0 Å². The van der Waals surface area contributed by atoms with E-state index < -0.39 is 0 Å². The standard InChI is InChI=1S/C18H25NO3/c1-12-8-13(2)18(14(3)9-12)19-16(20)11-22-17(21)10-15-6-4-5-7-15/h8-9,15H,4-7,10-11H2,1-3H3,(H,19,20). The average molecular weight is 303 g/mol. The molecule has 0 saturated heterocycles. The third-order valence-electron chi connectivity index (χ3n) is 4.24. The van der Waals surface area contributed by atoms with Gasteiger partial charge < -0.3 is 10.1 Å². The van der Waals surface area contributed by atoms with Crippen LogP contribution in [0.15, 0.2) is 12.1 Å². The Kier molecular flexibility index (Phi) is 5.58. The van der Waals surface area contributed by atoms with E-state index in [1.165, 1.54) is 12.8 Å². The minimum Gasteiger partial charge on any atom is -0.456 e. The van der Waals surface area contributed by atoms with Crippen molar-refractivity contribution in [3.05, 3.63) is 28.8 Å². The SMILES string of the molecule is Cc1cc(C)c(NC(=O)COC(=O)CC2CCCC2)c(C)c1. The van der Waals surface area contributed by atoms with Crippen molar-refractivity contribution >= 4 is 17.6 Å². The van der Waals surface area contributed by atoms with Gasteiger partial charge in [-0.05, 0) is 50.7 Å². The highest BCUT2D eigenvalue weighted by molar-refractivity contribution is 5.94. The predicted octanol–water partition coefficient (Wildman–Crippen LogP) is 3.67. The number of carbonyl (C=O) groups is 2. The number of hydrogen-bond acceptors (Lipinski definition) is 3. The van der Waals surface area contributed by atoms with Gasteiger partial charge in [-0.25, -0.2) is 0 Å². The minimum absolute atomic E-state index is 0.210. The number of nitrogens with one attached hydrogen (secondary N) is 1. The third-order valence-corrected chi connectivity index (χ3v) is 4.24. The highest BCUT2D eigenvalue weighted by atomic mass is 16.5. The van der Waals surface area contributed by atoms with Crippen LogP contribution in [0, 0.1) is 26.7 Å². The summed E-state index contributed by atoms with van der Waals surface area (Å²) in [4.78, 5) is 23.7. The van der Waals surface area contributed by atoms with E-state index in [1.807, 2.05) is 32.9 Å². The zero-order chi connectivity index (χ0) is 16.1. The molecule has 0 heterocycles. The molecule has 0 aromatic heterocycles. The predicted molar refractivity (Wildman–Crippen MR) is 86.8 cm³/mol. The Morgan fingerprint density at radius 1 is 1.14 bits per heavy atom. The number of rotatable bonds is 5. The van der Waals surface area contributed by atoms with Crippen LogP contribution in [-0.4, -0.2) is 18.5 Å². The molecule has 120 valence electrons. The fraction of sp³-hybridized carbons (Fsp3) is 0.556.